The molecule has 1 aliphatic heterocycles. The molecule has 1 saturated heterocycles. The molecule has 0 bridgehead atoms. The number of carbonyl (C=O) groups excluding carboxylic acids is 1. The van der Waals surface area contributed by atoms with Crippen LogP contribution < -0.4 is 4.74 Å². The minimum absolute atomic E-state index is 0.135. The maximum Gasteiger partial charge on any atom is 0.233 e. The van der Waals surface area contributed by atoms with Crippen LogP contribution in [0.4, 0.5) is 0 Å². The number of likely N-dealkylation sites (tertiary alicyclic amines) is 1. The van der Waals surface area contributed by atoms with E-state index in [1.165, 1.54) is 11.8 Å². The van der Waals surface area contributed by atoms with Crippen LogP contribution in [0.15, 0.2) is 53.7 Å². The fourth-order valence-electron chi connectivity index (χ4n) is 3.41. The first kappa shape index (κ1) is 20.8. The molecule has 2 heterocycles. The fraction of sp³-hybridized carbons (Fsp3) is 0.318. The first-order valence-electron chi connectivity index (χ1n) is 9.91. The fourth-order valence-corrected chi connectivity index (χ4v) is 4.46. The van der Waals surface area contributed by atoms with E-state index in [2.05, 4.69) is 10.2 Å². The molecule has 1 fully saturated rings. The van der Waals surface area contributed by atoms with E-state index < -0.39 is 0 Å². The van der Waals surface area contributed by atoms with Crippen molar-refractivity contribution in [2.75, 3.05) is 18.8 Å². The smallest absolute Gasteiger partial charge is 0.233 e. The lowest BCUT2D eigenvalue weighted by molar-refractivity contribution is -0.127. The standard InChI is InChI=1S/C22H23ClN4O2S/c1-16-7-2-3-10-19(16)29-14-20-24-25-22(27(20)18-9-6-8-17(23)13-18)30-15-21(28)26-11-4-5-12-26/h2-3,6-10,13H,4-5,11-12,14-15H2,1H3. The molecule has 0 spiro atoms. The molecular weight excluding hydrogens is 420 g/mol. The predicted molar refractivity (Wildman–Crippen MR) is 118 cm³/mol. The number of ether oxygens (including phenoxy) is 1. The number of aryl methyl sites for hydroxylation is 1. The summed E-state index contributed by atoms with van der Waals surface area (Å²) in [6.07, 6.45) is 2.16. The molecule has 1 aromatic heterocycles. The van der Waals surface area contributed by atoms with Gasteiger partial charge < -0.3 is 9.64 Å². The lowest BCUT2D eigenvalue weighted by Crippen LogP contribution is -2.29. The number of hydrogen-bond donors (Lipinski definition) is 0. The summed E-state index contributed by atoms with van der Waals surface area (Å²) in [6, 6.07) is 15.4. The minimum Gasteiger partial charge on any atom is -0.485 e. The highest BCUT2D eigenvalue weighted by molar-refractivity contribution is 7.99. The van der Waals surface area contributed by atoms with Crippen LogP contribution in [0.2, 0.25) is 5.02 Å². The molecule has 0 radical (unpaired) electrons. The summed E-state index contributed by atoms with van der Waals surface area (Å²) in [7, 11) is 0. The Morgan fingerprint density at radius 2 is 1.93 bits per heavy atom. The Hall–Kier alpha value is -2.51. The summed E-state index contributed by atoms with van der Waals surface area (Å²) in [5, 5.41) is 9.95. The lowest BCUT2D eigenvalue weighted by Gasteiger charge is -2.15. The average molecular weight is 443 g/mol. The van der Waals surface area contributed by atoms with Crippen molar-refractivity contribution >= 4 is 29.3 Å². The minimum atomic E-state index is 0.135. The molecule has 0 N–H and O–H groups in total. The average Bonchev–Trinajstić information content (AvgIpc) is 3.42. The monoisotopic (exact) mass is 442 g/mol. The molecular formula is C22H23ClN4O2S. The van der Waals surface area contributed by atoms with E-state index in [1.807, 2.05) is 64.9 Å². The van der Waals surface area contributed by atoms with Gasteiger partial charge in [0.05, 0.1) is 11.4 Å². The molecule has 156 valence electrons. The van der Waals surface area contributed by atoms with E-state index >= 15 is 0 Å². The van der Waals surface area contributed by atoms with Crippen molar-refractivity contribution in [2.45, 2.75) is 31.5 Å². The van der Waals surface area contributed by atoms with E-state index in [-0.39, 0.29) is 12.5 Å². The van der Waals surface area contributed by atoms with E-state index in [4.69, 9.17) is 16.3 Å². The Labute approximate surface area is 185 Å². The van der Waals surface area contributed by atoms with E-state index in [0.717, 1.165) is 42.9 Å². The second-order valence-corrected chi connectivity index (χ2v) is 8.52. The number of rotatable bonds is 7. The second-order valence-electron chi connectivity index (χ2n) is 7.14. The molecule has 6 nitrogen and oxygen atoms in total. The van der Waals surface area contributed by atoms with Crippen LogP contribution >= 0.6 is 23.4 Å². The third-order valence-electron chi connectivity index (χ3n) is 5.00. The Balaban J connectivity index is 1.56. The number of benzene rings is 2. The molecule has 8 heteroatoms. The normalized spacial score (nSPS) is 13.6. The van der Waals surface area contributed by atoms with Crippen molar-refractivity contribution in [3.63, 3.8) is 0 Å². The Morgan fingerprint density at radius 1 is 1.13 bits per heavy atom. The van der Waals surface area contributed by atoms with Gasteiger partial charge >= 0.3 is 0 Å². The van der Waals surface area contributed by atoms with Crippen LogP contribution in [-0.2, 0) is 11.4 Å². The van der Waals surface area contributed by atoms with Gasteiger partial charge in [-0.05, 0) is 49.6 Å². The van der Waals surface area contributed by atoms with Crippen molar-refractivity contribution in [1.29, 1.82) is 0 Å². The zero-order valence-electron chi connectivity index (χ0n) is 16.8. The summed E-state index contributed by atoms with van der Waals surface area (Å²) in [4.78, 5) is 14.4. The topological polar surface area (TPSA) is 60.3 Å². The van der Waals surface area contributed by atoms with Gasteiger partial charge in [0, 0.05) is 18.1 Å². The van der Waals surface area contributed by atoms with E-state index in [0.29, 0.717) is 21.8 Å². The zero-order valence-corrected chi connectivity index (χ0v) is 18.3. The number of nitrogens with zero attached hydrogens (tertiary/aromatic N) is 4. The van der Waals surface area contributed by atoms with Gasteiger partial charge in [-0.25, -0.2) is 0 Å². The molecule has 2 aromatic carbocycles. The molecule has 4 rings (SSSR count). The highest BCUT2D eigenvalue weighted by Crippen LogP contribution is 2.26. The Kier molecular flexibility index (Phi) is 6.59. The van der Waals surface area contributed by atoms with Gasteiger partial charge in [-0.3, -0.25) is 9.36 Å². The number of aromatic nitrogens is 3. The van der Waals surface area contributed by atoms with E-state index in [1.54, 1.807) is 0 Å². The number of thioether (sulfide) groups is 1. The summed E-state index contributed by atoms with van der Waals surface area (Å²) < 4.78 is 7.90. The highest BCUT2D eigenvalue weighted by atomic mass is 35.5. The summed E-state index contributed by atoms with van der Waals surface area (Å²) in [6.45, 7) is 3.94. The number of para-hydroxylation sites is 1. The highest BCUT2D eigenvalue weighted by Gasteiger charge is 2.21. The molecule has 0 aliphatic carbocycles. The molecule has 3 aromatic rings. The van der Waals surface area contributed by atoms with Crippen molar-refractivity contribution in [3.05, 3.63) is 64.9 Å². The maximum absolute atomic E-state index is 12.5. The molecule has 1 aliphatic rings. The number of halogens is 1. The van der Waals surface area contributed by atoms with Crippen LogP contribution in [-0.4, -0.2) is 44.4 Å². The largest absolute Gasteiger partial charge is 0.485 e. The second kappa shape index (κ2) is 9.53. The van der Waals surface area contributed by atoms with Crippen molar-refractivity contribution in [1.82, 2.24) is 19.7 Å². The third-order valence-corrected chi connectivity index (χ3v) is 6.15. The summed E-state index contributed by atoms with van der Waals surface area (Å²) >= 11 is 7.61. The maximum atomic E-state index is 12.5. The first-order valence-corrected chi connectivity index (χ1v) is 11.3. The van der Waals surface area contributed by atoms with Gasteiger partial charge in [0.2, 0.25) is 5.91 Å². The summed E-state index contributed by atoms with van der Waals surface area (Å²) in [5.41, 5.74) is 1.89. The van der Waals surface area contributed by atoms with Crippen molar-refractivity contribution < 1.29 is 9.53 Å². The lowest BCUT2D eigenvalue weighted by atomic mass is 10.2. The van der Waals surface area contributed by atoms with Crippen LogP contribution in [0.3, 0.4) is 0 Å². The van der Waals surface area contributed by atoms with Crippen LogP contribution in [0.25, 0.3) is 5.69 Å². The number of hydrogen-bond acceptors (Lipinski definition) is 5. The first-order chi connectivity index (χ1) is 14.6. The van der Waals surface area contributed by atoms with Gasteiger partial charge in [0.25, 0.3) is 0 Å². The van der Waals surface area contributed by atoms with Gasteiger partial charge in [0.15, 0.2) is 11.0 Å². The van der Waals surface area contributed by atoms with Crippen LogP contribution in [0.1, 0.15) is 24.2 Å². The van der Waals surface area contributed by atoms with Gasteiger partial charge in [-0.1, -0.05) is 47.6 Å². The number of carbonyl (C=O) groups is 1. The predicted octanol–water partition coefficient (Wildman–Crippen LogP) is 4.52. The van der Waals surface area contributed by atoms with Crippen LogP contribution in [0, 0.1) is 6.92 Å². The van der Waals surface area contributed by atoms with Gasteiger partial charge in [0.1, 0.15) is 12.4 Å². The van der Waals surface area contributed by atoms with Gasteiger partial charge in [-0.2, -0.15) is 0 Å². The van der Waals surface area contributed by atoms with Crippen molar-refractivity contribution in [2.24, 2.45) is 0 Å². The molecule has 30 heavy (non-hydrogen) atoms. The summed E-state index contributed by atoms with van der Waals surface area (Å²) in [5.74, 6) is 1.92. The molecule has 0 unspecified atom stereocenters. The SMILES string of the molecule is Cc1ccccc1OCc1nnc(SCC(=O)N2CCCC2)n1-c1cccc(Cl)c1. The third kappa shape index (κ3) is 4.79. The van der Waals surface area contributed by atoms with Crippen LogP contribution in [0.5, 0.6) is 5.75 Å². The molecule has 1 amide bonds. The number of amides is 1. The van der Waals surface area contributed by atoms with E-state index in [9.17, 15) is 4.79 Å². The zero-order chi connectivity index (χ0) is 20.9. The van der Waals surface area contributed by atoms with Crippen molar-refractivity contribution in [3.8, 4) is 11.4 Å². The molecule has 0 saturated carbocycles. The molecule has 0 atom stereocenters. The Morgan fingerprint density at radius 3 is 2.70 bits per heavy atom. The Bertz CT molecular complexity index is 1030. The van der Waals surface area contributed by atoms with Gasteiger partial charge in [-0.15, -0.1) is 10.2 Å². The quantitative estimate of drug-likeness (QED) is 0.503.